The van der Waals surface area contributed by atoms with E-state index in [1.807, 2.05) is 0 Å². The second-order valence-corrected chi connectivity index (χ2v) is 4.90. The van der Waals surface area contributed by atoms with E-state index >= 15 is 0 Å². The van der Waals surface area contributed by atoms with Gasteiger partial charge in [-0.25, -0.2) is 4.98 Å². The van der Waals surface area contributed by atoms with Crippen LogP contribution in [0.15, 0.2) is 18.3 Å². The topological polar surface area (TPSA) is 79.3 Å². The number of nitrogens with one attached hydrogen (secondary N) is 1. The summed E-state index contributed by atoms with van der Waals surface area (Å²) in [5.74, 6) is -2.93. The first kappa shape index (κ1) is 15.3. The lowest BCUT2D eigenvalue weighted by molar-refractivity contribution is -0.145. The number of halogens is 3. The maximum Gasteiger partial charge on any atom is 0.433 e. The lowest BCUT2D eigenvalue weighted by Gasteiger charge is -2.15. The minimum absolute atomic E-state index is 0.115. The van der Waals surface area contributed by atoms with Crippen LogP contribution in [0.3, 0.4) is 0 Å². The molecule has 1 amide bonds. The number of pyridine rings is 1. The third kappa shape index (κ3) is 3.50. The van der Waals surface area contributed by atoms with Crippen molar-refractivity contribution in [1.29, 1.82) is 0 Å². The molecule has 21 heavy (non-hydrogen) atoms. The summed E-state index contributed by atoms with van der Waals surface area (Å²) in [5.41, 5.74) is -0.936. The van der Waals surface area contributed by atoms with Gasteiger partial charge < -0.3 is 10.4 Å². The zero-order valence-corrected chi connectivity index (χ0v) is 10.9. The summed E-state index contributed by atoms with van der Waals surface area (Å²) in [4.78, 5) is 26.2. The van der Waals surface area contributed by atoms with E-state index in [9.17, 15) is 22.8 Å². The Balaban J connectivity index is 2.04. The molecule has 2 rings (SSSR count). The number of hydrogen-bond donors (Lipinski definition) is 2. The quantitative estimate of drug-likeness (QED) is 0.899. The fourth-order valence-corrected chi connectivity index (χ4v) is 2.44. The molecule has 1 aromatic heterocycles. The highest BCUT2D eigenvalue weighted by molar-refractivity contribution is 5.95. The highest BCUT2D eigenvalue weighted by atomic mass is 19.4. The molecule has 0 bridgehead atoms. The molecule has 0 aliphatic heterocycles. The molecule has 5 nitrogen and oxygen atoms in total. The van der Waals surface area contributed by atoms with Gasteiger partial charge in [0.1, 0.15) is 5.69 Å². The van der Waals surface area contributed by atoms with Crippen LogP contribution < -0.4 is 5.32 Å². The molecular formula is C13H13F3N2O3. The number of carbonyl (C=O) groups is 2. The molecule has 1 fully saturated rings. The average molecular weight is 302 g/mol. The van der Waals surface area contributed by atoms with Crippen LogP contribution in [0.4, 0.5) is 18.9 Å². The maximum atomic E-state index is 12.4. The first-order valence-corrected chi connectivity index (χ1v) is 6.36. The second kappa shape index (κ2) is 5.71. The molecule has 1 saturated carbocycles. The number of rotatable bonds is 3. The van der Waals surface area contributed by atoms with Crippen molar-refractivity contribution < 1.29 is 27.9 Å². The number of carboxylic acid groups (broad SMARTS) is 1. The van der Waals surface area contributed by atoms with Crippen LogP contribution in [-0.4, -0.2) is 22.0 Å². The van der Waals surface area contributed by atoms with Gasteiger partial charge in [0.25, 0.3) is 0 Å². The predicted octanol–water partition coefficient (Wildman–Crippen LogP) is 2.54. The Kier molecular flexibility index (Phi) is 4.15. The number of hydrogen-bond acceptors (Lipinski definition) is 3. The van der Waals surface area contributed by atoms with Crippen molar-refractivity contribution in [3.63, 3.8) is 0 Å². The van der Waals surface area contributed by atoms with Crippen LogP contribution in [0.1, 0.15) is 25.0 Å². The molecule has 2 atom stereocenters. The van der Waals surface area contributed by atoms with Crippen LogP contribution >= 0.6 is 0 Å². The summed E-state index contributed by atoms with van der Waals surface area (Å²) in [5, 5.41) is 11.4. The van der Waals surface area contributed by atoms with Crippen LogP contribution in [0.2, 0.25) is 0 Å². The highest BCUT2D eigenvalue weighted by Crippen LogP contribution is 2.33. The number of aromatic nitrogens is 1. The Morgan fingerprint density at radius 2 is 1.90 bits per heavy atom. The smallest absolute Gasteiger partial charge is 0.433 e. The van der Waals surface area contributed by atoms with Crippen molar-refractivity contribution in [3.05, 3.63) is 24.0 Å². The van der Waals surface area contributed by atoms with Gasteiger partial charge in [-0.2, -0.15) is 13.2 Å². The van der Waals surface area contributed by atoms with Gasteiger partial charge in [-0.3, -0.25) is 9.59 Å². The van der Waals surface area contributed by atoms with Crippen molar-refractivity contribution in [2.45, 2.75) is 25.4 Å². The Hall–Kier alpha value is -2.12. The van der Waals surface area contributed by atoms with Gasteiger partial charge in [0.05, 0.1) is 23.7 Å². The Morgan fingerprint density at radius 1 is 1.24 bits per heavy atom. The van der Waals surface area contributed by atoms with E-state index in [2.05, 4.69) is 10.3 Å². The molecule has 8 heteroatoms. The number of anilines is 1. The molecule has 0 saturated heterocycles. The summed E-state index contributed by atoms with van der Waals surface area (Å²) in [7, 11) is 0. The van der Waals surface area contributed by atoms with Crippen LogP contribution in [0, 0.1) is 11.8 Å². The van der Waals surface area contributed by atoms with E-state index in [-0.39, 0.29) is 5.69 Å². The lowest BCUT2D eigenvalue weighted by atomic mass is 9.95. The van der Waals surface area contributed by atoms with E-state index in [0.717, 1.165) is 18.3 Å². The number of nitrogens with zero attached hydrogens (tertiary/aromatic N) is 1. The third-order valence-electron chi connectivity index (χ3n) is 3.49. The molecule has 114 valence electrons. The zero-order valence-electron chi connectivity index (χ0n) is 10.9. The van der Waals surface area contributed by atoms with E-state index in [1.54, 1.807) is 0 Å². The normalized spacial score (nSPS) is 22.0. The van der Waals surface area contributed by atoms with Gasteiger partial charge >= 0.3 is 12.1 Å². The number of alkyl halides is 3. The third-order valence-corrected chi connectivity index (χ3v) is 3.49. The largest absolute Gasteiger partial charge is 0.481 e. The van der Waals surface area contributed by atoms with Crippen molar-refractivity contribution in [3.8, 4) is 0 Å². The van der Waals surface area contributed by atoms with Crippen LogP contribution in [0.25, 0.3) is 0 Å². The van der Waals surface area contributed by atoms with Gasteiger partial charge in [-0.05, 0) is 25.0 Å². The molecule has 0 unspecified atom stereocenters. The van der Waals surface area contributed by atoms with Gasteiger partial charge in [-0.1, -0.05) is 6.42 Å². The Labute approximate surface area is 118 Å². The van der Waals surface area contributed by atoms with Crippen LogP contribution in [0.5, 0.6) is 0 Å². The molecule has 1 aliphatic carbocycles. The molecule has 1 aliphatic rings. The van der Waals surface area contributed by atoms with E-state index in [1.165, 1.54) is 0 Å². The standard InChI is InChI=1S/C13H13F3N2O3/c14-13(15,16)10-5-4-7(6-17-10)18-11(19)8-2-1-3-9(8)12(20)21/h4-6,8-9H,1-3H2,(H,18,19)(H,20,21)/t8-,9+/m1/s1. The van der Waals surface area contributed by atoms with E-state index in [4.69, 9.17) is 5.11 Å². The predicted molar refractivity (Wildman–Crippen MR) is 66.3 cm³/mol. The summed E-state index contributed by atoms with van der Waals surface area (Å²) in [6.07, 6.45) is -2.11. The molecule has 2 N–H and O–H groups in total. The van der Waals surface area contributed by atoms with Gasteiger partial charge in [0.2, 0.25) is 5.91 Å². The number of carbonyl (C=O) groups excluding carboxylic acids is 1. The fraction of sp³-hybridized carbons (Fsp3) is 0.462. The molecule has 0 aromatic carbocycles. The number of amides is 1. The average Bonchev–Trinajstić information content (AvgIpc) is 2.87. The summed E-state index contributed by atoms with van der Waals surface area (Å²) < 4.78 is 37.1. The minimum Gasteiger partial charge on any atom is -0.481 e. The number of aliphatic carboxylic acids is 1. The lowest BCUT2D eigenvalue weighted by Crippen LogP contribution is -2.30. The van der Waals surface area contributed by atoms with Gasteiger partial charge in [0.15, 0.2) is 0 Å². The number of carboxylic acids is 1. The summed E-state index contributed by atoms with van der Waals surface area (Å²) in [6.45, 7) is 0. The summed E-state index contributed by atoms with van der Waals surface area (Å²) in [6, 6.07) is 1.86. The van der Waals surface area contributed by atoms with Crippen molar-refractivity contribution in [2.24, 2.45) is 11.8 Å². The molecule has 0 radical (unpaired) electrons. The molecule has 1 aromatic rings. The highest BCUT2D eigenvalue weighted by Gasteiger charge is 2.38. The minimum atomic E-state index is -4.54. The molecule has 1 heterocycles. The summed E-state index contributed by atoms with van der Waals surface area (Å²) >= 11 is 0. The van der Waals surface area contributed by atoms with Crippen molar-refractivity contribution in [1.82, 2.24) is 4.98 Å². The first-order valence-electron chi connectivity index (χ1n) is 6.36. The molecular weight excluding hydrogens is 289 g/mol. The maximum absolute atomic E-state index is 12.4. The second-order valence-electron chi connectivity index (χ2n) is 4.90. The van der Waals surface area contributed by atoms with Crippen molar-refractivity contribution >= 4 is 17.6 Å². The first-order chi connectivity index (χ1) is 9.79. The monoisotopic (exact) mass is 302 g/mol. The van der Waals surface area contributed by atoms with Gasteiger partial charge in [-0.15, -0.1) is 0 Å². The fourth-order valence-electron chi connectivity index (χ4n) is 2.44. The van der Waals surface area contributed by atoms with E-state index in [0.29, 0.717) is 19.3 Å². The van der Waals surface area contributed by atoms with Crippen molar-refractivity contribution in [2.75, 3.05) is 5.32 Å². The van der Waals surface area contributed by atoms with Crippen LogP contribution in [-0.2, 0) is 15.8 Å². The SMILES string of the molecule is O=C(O)[C@H]1CCC[C@H]1C(=O)Nc1ccc(C(F)(F)F)nc1. The van der Waals surface area contributed by atoms with E-state index < -0.39 is 35.6 Å². The zero-order chi connectivity index (χ0) is 15.6. The Morgan fingerprint density at radius 3 is 2.43 bits per heavy atom. The Bertz CT molecular complexity index is 543. The van der Waals surface area contributed by atoms with Gasteiger partial charge in [0, 0.05) is 0 Å². The molecule has 0 spiro atoms.